The molecule has 0 radical (unpaired) electrons. The summed E-state index contributed by atoms with van der Waals surface area (Å²) in [7, 11) is 0. The van der Waals surface area contributed by atoms with E-state index in [1.165, 1.54) is 32.1 Å². The van der Waals surface area contributed by atoms with Crippen LogP contribution in [0, 0.1) is 5.92 Å². The molecule has 19 heavy (non-hydrogen) atoms. The predicted molar refractivity (Wildman–Crippen MR) is 72.3 cm³/mol. The van der Waals surface area contributed by atoms with Crippen LogP contribution < -0.4 is 10.6 Å². The molecule has 1 saturated carbocycles. The van der Waals surface area contributed by atoms with Crippen LogP contribution in [0.25, 0.3) is 0 Å². The first-order chi connectivity index (χ1) is 9.33. The van der Waals surface area contributed by atoms with Gasteiger partial charge in [0.15, 0.2) is 0 Å². The molecule has 5 heteroatoms. The number of hydrogen-bond acceptors (Lipinski definition) is 3. The van der Waals surface area contributed by atoms with E-state index in [0.29, 0.717) is 12.6 Å². The third-order valence-electron chi connectivity index (χ3n) is 4.47. The second-order valence-electron chi connectivity index (χ2n) is 5.74. The number of aromatic nitrogens is 2. The average Bonchev–Trinajstić information content (AvgIpc) is 2.97. The van der Waals surface area contributed by atoms with Crippen molar-refractivity contribution < 1.29 is 4.79 Å². The van der Waals surface area contributed by atoms with Gasteiger partial charge in [-0.2, -0.15) is 0 Å². The van der Waals surface area contributed by atoms with Crippen molar-refractivity contribution in [2.24, 2.45) is 5.92 Å². The number of nitrogens with zero attached hydrogens (tertiary/aromatic N) is 1. The zero-order chi connectivity index (χ0) is 13.1. The molecule has 2 aliphatic rings. The molecule has 2 heterocycles. The number of aromatic amines is 1. The van der Waals surface area contributed by atoms with E-state index in [-0.39, 0.29) is 11.9 Å². The number of piperidine rings is 1. The van der Waals surface area contributed by atoms with Crippen molar-refractivity contribution in [2.75, 3.05) is 0 Å². The van der Waals surface area contributed by atoms with Crippen molar-refractivity contribution in [1.29, 1.82) is 0 Å². The maximum absolute atomic E-state index is 12.2. The van der Waals surface area contributed by atoms with Gasteiger partial charge in [-0.3, -0.25) is 4.79 Å². The third kappa shape index (κ3) is 2.97. The normalized spacial score (nSPS) is 30.6. The predicted octanol–water partition coefficient (Wildman–Crippen LogP) is 1.34. The number of carbonyl (C=O) groups is 1. The van der Waals surface area contributed by atoms with Gasteiger partial charge in [-0.05, 0) is 31.6 Å². The molecule has 0 aromatic carbocycles. The summed E-state index contributed by atoms with van der Waals surface area (Å²) in [6.45, 7) is 0.533. The summed E-state index contributed by atoms with van der Waals surface area (Å²) >= 11 is 0. The Bertz CT molecular complexity index is 417. The number of H-pyrrole nitrogens is 1. The van der Waals surface area contributed by atoms with E-state index in [2.05, 4.69) is 20.6 Å². The Morgan fingerprint density at radius 3 is 3.05 bits per heavy atom. The molecule has 1 aliphatic heterocycles. The fourth-order valence-electron chi connectivity index (χ4n) is 3.39. The minimum Gasteiger partial charge on any atom is -0.349 e. The summed E-state index contributed by atoms with van der Waals surface area (Å²) in [5, 5.41) is 6.52. The summed E-state index contributed by atoms with van der Waals surface area (Å²) in [6.07, 6.45) is 10.8. The Hall–Kier alpha value is -1.36. The van der Waals surface area contributed by atoms with Crippen LogP contribution in [-0.2, 0) is 11.3 Å². The Balaban J connectivity index is 1.50. The zero-order valence-electron chi connectivity index (χ0n) is 11.2. The molecule has 0 bridgehead atoms. The van der Waals surface area contributed by atoms with Crippen molar-refractivity contribution >= 4 is 5.91 Å². The van der Waals surface area contributed by atoms with Gasteiger partial charge in [-0.1, -0.05) is 12.8 Å². The van der Waals surface area contributed by atoms with Gasteiger partial charge < -0.3 is 15.6 Å². The fourth-order valence-corrected chi connectivity index (χ4v) is 3.39. The maximum atomic E-state index is 12.2. The monoisotopic (exact) mass is 262 g/mol. The Kier molecular flexibility index (Phi) is 3.82. The number of nitrogens with one attached hydrogen (secondary N) is 3. The summed E-state index contributed by atoms with van der Waals surface area (Å²) in [6, 6.07) is 0.549. The van der Waals surface area contributed by atoms with Gasteiger partial charge in [0.25, 0.3) is 0 Å². The number of rotatable bonds is 3. The van der Waals surface area contributed by atoms with Gasteiger partial charge in [0, 0.05) is 12.2 Å². The molecule has 2 fully saturated rings. The summed E-state index contributed by atoms with van der Waals surface area (Å²) in [5.41, 5.74) is 0.944. The van der Waals surface area contributed by atoms with Crippen molar-refractivity contribution in [3.8, 4) is 0 Å². The van der Waals surface area contributed by atoms with Crippen molar-refractivity contribution in [3.63, 3.8) is 0 Å². The van der Waals surface area contributed by atoms with E-state index in [1.54, 1.807) is 12.5 Å². The maximum Gasteiger partial charge on any atom is 0.237 e. The first-order valence-corrected chi connectivity index (χ1v) is 7.34. The second-order valence-corrected chi connectivity index (χ2v) is 5.74. The van der Waals surface area contributed by atoms with Crippen LogP contribution in [0.2, 0.25) is 0 Å². The third-order valence-corrected chi connectivity index (χ3v) is 4.47. The first kappa shape index (κ1) is 12.7. The Labute approximate surface area is 113 Å². The minimum absolute atomic E-state index is 0.0118. The summed E-state index contributed by atoms with van der Waals surface area (Å²) < 4.78 is 0. The van der Waals surface area contributed by atoms with Crippen LogP contribution in [-0.4, -0.2) is 28.0 Å². The average molecular weight is 262 g/mol. The lowest BCUT2D eigenvalue weighted by Crippen LogP contribution is -2.54. The molecule has 1 saturated heterocycles. The lowest BCUT2D eigenvalue weighted by atomic mass is 9.77. The highest BCUT2D eigenvalue weighted by molar-refractivity contribution is 5.81. The van der Waals surface area contributed by atoms with Gasteiger partial charge in [-0.15, -0.1) is 0 Å². The van der Waals surface area contributed by atoms with E-state index >= 15 is 0 Å². The highest BCUT2D eigenvalue weighted by Gasteiger charge is 2.34. The van der Waals surface area contributed by atoms with Gasteiger partial charge in [-0.25, -0.2) is 4.98 Å². The smallest absolute Gasteiger partial charge is 0.237 e. The highest BCUT2D eigenvalue weighted by atomic mass is 16.2. The van der Waals surface area contributed by atoms with Crippen molar-refractivity contribution in [1.82, 2.24) is 20.6 Å². The Morgan fingerprint density at radius 1 is 1.32 bits per heavy atom. The van der Waals surface area contributed by atoms with Gasteiger partial charge in [0.1, 0.15) is 0 Å². The quantitative estimate of drug-likeness (QED) is 0.770. The fraction of sp³-hybridized carbons (Fsp3) is 0.714. The van der Waals surface area contributed by atoms with E-state index in [1.807, 2.05) is 0 Å². The molecule has 0 spiro atoms. The Morgan fingerprint density at radius 2 is 2.21 bits per heavy atom. The SMILES string of the molecule is O=C(NCc1cnc[nH]1)C1CCC2CCCCC2N1. The molecule has 104 valence electrons. The van der Waals surface area contributed by atoms with E-state index in [9.17, 15) is 4.79 Å². The molecule has 5 nitrogen and oxygen atoms in total. The molecule has 1 aliphatic carbocycles. The molecule has 3 N–H and O–H groups in total. The van der Waals surface area contributed by atoms with Crippen LogP contribution in [0.15, 0.2) is 12.5 Å². The molecular formula is C14H22N4O. The standard InChI is InChI=1S/C14H22N4O/c19-14(16-8-11-7-15-9-17-11)13-6-5-10-3-1-2-4-12(10)18-13/h7,9-10,12-13,18H,1-6,8H2,(H,15,17)(H,16,19). The number of fused-ring (bicyclic) bond motifs is 1. The van der Waals surface area contributed by atoms with Crippen LogP contribution in [0.4, 0.5) is 0 Å². The van der Waals surface area contributed by atoms with Crippen molar-refractivity contribution in [2.45, 2.75) is 57.2 Å². The lowest BCUT2D eigenvalue weighted by molar-refractivity contribution is -0.124. The molecule has 3 rings (SSSR count). The van der Waals surface area contributed by atoms with Crippen molar-refractivity contribution in [3.05, 3.63) is 18.2 Å². The number of imidazole rings is 1. The second kappa shape index (κ2) is 5.74. The first-order valence-electron chi connectivity index (χ1n) is 7.34. The lowest BCUT2D eigenvalue weighted by Gasteiger charge is -2.39. The van der Waals surface area contributed by atoms with E-state index in [0.717, 1.165) is 18.0 Å². The van der Waals surface area contributed by atoms with Crippen LogP contribution in [0.3, 0.4) is 0 Å². The van der Waals surface area contributed by atoms with Crippen LogP contribution >= 0.6 is 0 Å². The number of amides is 1. The topological polar surface area (TPSA) is 69.8 Å². The molecule has 1 aromatic heterocycles. The van der Waals surface area contributed by atoms with Crippen LogP contribution in [0.5, 0.6) is 0 Å². The molecule has 1 aromatic rings. The largest absolute Gasteiger partial charge is 0.349 e. The molecule has 1 amide bonds. The zero-order valence-corrected chi connectivity index (χ0v) is 11.2. The minimum atomic E-state index is -0.0118. The number of hydrogen-bond donors (Lipinski definition) is 3. The summed E-state index contributed by atoms with van der Waals surface area (Å²) in [4.78, 5) is 19.1. The van der Waals surface area contributed by atoms with E-state index in [4.69, 9.17) is 0 Å². The van der Waals surface area contributed by atoms with Crippen LogP contribution in [0.1, 0.15) is 44.2 Å². The molecular weight excluding hydrogens is 240 g/mol. The highest BCUT2D eigenvalue weighted by Crippen LogP contribution is 2.32. The molecule has 3 atom stereocenters. The molecule has 3 unspecified atom stereocenters. The van der Waals surface area contributed by atoms with E-state index < -0.39 is 0 Å². The van der Waals surface area contributed by atoms with Gasteiger partial charge >= 0.3 is 0 Å². The van der Waals surface area contributed by atoms with Gasteiger partial charge in [0.05, 0.1) is 24.6 Å². The number of carbonyl (C=O) groups excluding carboxylic acids is 1. The summed E-state index contributed by atoms with van der Waals surface area (Å²) in [5.74, 6) is 0.920. The van der Waals surface area contributed by atoms with Gasteiger partial charge in [0.2, 0.25) is 5.91 Å².